The van der Waals surface area contributed by atoms with Gasteiger partial charge in [-0.3, -0.25) is 13.9 Å². The molecule has 0 saturated heterocycles. The maximum Gasteiger partial charge on any atom is 0.264 e. The quantitative estimate of drug-likeness (QED) is 0.326. The maximum atomic E-state index is 13.9. The van der Waals surface area contributed by atoms with Crippen LogP contribution < -0.4 is 9.62 Å². The summed E-state index contributed by atoms with van der Waals surface area (Å²) in [7, 11) is -4.15. The van der Waals surface area contributed by atoms with Crippen molar-refractivity contribution in [1.82, 2.24) is 10.2 Å². The number of hydrogen-bond acceptors (Lipinski definition) is 4. The van der Waals surface area contributed by atoms with E-state index in [0.717, 1.165) is 19.9 Å². The van der Waals surface area contributed by atoms with Crippen molar-refractivity contribution in [2.75, 3.05) is 17.4 Å². The van der Waals surface area contributed by atoms with Gasteiger partial charge in [0.15, 0.2) is 0 Å². The van der Waals surface area contributed by atoms with Gasteiger partial charge in [-0.05, 0) is 75.2 Å². The van der Waals surface area contributed by atoms with Crippen LogP contribution in [0.3, 0.4) is 0 Å². The smallest absolute Gasteiger partial charge is 0.264 e. The number of benzene rings is 3. The molecule has 3 aromatic carbocycles. The van der Waals surface area contributed by atoms with E-state index in [9.17, 15) is 18.0 Å². The summed E-state index contributed by atoms with van der Waals surface area (Å²) >= 11 is 9.65. The predicted molar refractivity (Wildman–Crippen MR) is 155 cm³/mol. The summed E-state index contributed by atoms with van der Waals surface area (Å²) in [6, 6.07) is 17.9. The Morgan fingerprint density at radius 2 is 1.63 bits per heavy atom. The van der Waals surface area contributed by atoms with Crippen LogP contribution in [-0.2, 0) is 26.2 Å². The lowest BCUT2D eigenvalue weighted by atomic mass is 10.1. The van der Waals surface area contributed by atoms with Crippen LogP contribution in [0.1, 0.15) is 30.5 Å². The molecule has 0 radical (unpaired) electrons. The maximum absolute atomic E-state index is 13.9. The molecule has 0 unspecified atom stereocenters. The van der Waals surface area contributed by atoms with Crippen LogP contribution in [0.4, 0.5) is 5.69 Å². The van der Waals surface area contributed by atoms with Crippen molar-refractivity contribution in [2.24, 2.45) is 0 Å². The predicted octanol–water partition coefficient (Wildman–Crippen LogP) is 5.47. The zero-order valence-corrected chi connectivity index (χ0v) is 24.9. The van der Waals surface area contributed by atoms with E-state index in [1.807, 2.05) is 31.2 Å². The van der Waals surface area contributed by atoms with E-state index in [0.29, 0.717) is 22.8 Å². The zero-order valence-electron chi connectivity index (χ0n) is 21.7. The average Bonchev–Trinajstić information content (AvgIpc) is 2.88. The van der Waals surface area contributed by atoms with Crippen molar-refractivity contribution in [3.05, 3.63) is 92.9 Å². The number of aryl methyl sites for hydroxylation is 2. The number of nitrogens with one attached hydrogen (secondary N) is 1. The summed E-state index contributed by atoms with van der Waals surface area (Å²) in [6.45, 7) is 7.05. The molecule has 0 heterocycles. The SMILES string of the molecule is CCNC(=O)[C@@H](C)N(Cc1ccc(Br)cc1)C(=O)CN(c1cc(Cl)ccc1C)S(=O)(=O)c1ccc(C)cc1. The molecule has 0 fully saturated rings. The lowest BCUT2D eigenvalue weighted by Crippen LogP contribution is -2.51. The third-order valence-electron chi connectivity index (χ3n) is 6.11. The van der Waals surface area contributed by atoms with Crippen LogP contribution in [0, 0.1) is 13.8 Å². The highest BCUT2D eigenvalue weighted by molar-refractivity contribution is 9.10. The molecule has 7 nitrogen and oxygen atoms in total. The summed E-state index contributed by atoms with van der Waals surface area (Å²) in [5, 5.41) is 3.09. The molecule has 0 aliphatic heterocycles. The number of sulfonamides is 1. The molecule has 0 aliphatic rings. The molecular formula is C28H31BrClN3O4S. The fourth-order valence-corrected chi connectivity index (χ4v) is 5.79. The normalized spacial score (nSPS) is 12.1. The lowest BCUT2D eigenvalue weighted by Gasteiger charge is -2.32. The van der Waals surface area contributed by atoms with Crippen LogP contribution in [0.25, 0.3) is 0 Å². The Hall–Kier alpha value is -2.88. The Bertz CT molecular complexity index is 1400. The van der Waals surface area contributed by atoms with Crippen molar-refractivity contribution < 1.29 is 18.0 Å². The highest BCUT2D eigenvalue weighted by Crippen LogP contribution is 2.30. The number of hydrogen-bond donors (Lipinski definition) is 1. The monoisotopic (exact) mass is 619 g/mol. The molecule has 38 heavy (non-hydrogen) atoms. The van der Waals surface area contributed by atoms with Crippen LogP contribution in [0.5, 0.6) is 0 Å². The molecule has 0 spiro atoms. The minimum absolute atomic E-state index is 0.0477. The minimum Gasteiger partial charge on any atom is -0.355 e. The third kappa shape index (κ3) is 7.15. The molecule has 1 N–H and O–H groups in total. The van der Waals surface area contributed by atoms with Crippen molar-refractivity contribution in [2.45, 2.75) is 45.2 Å². The Morgan fingerprint density at radius 1 is 1.00 bits per heavy atom. The number of anilines is 1. The first-order chi connectivity index (χ1) is 17.9. The Morgan fingerprint density at radius 3 is 2.24 bits per heavy atom. The van der Waals surface area contributed by atoms with E-state index >= 15 is 0 Å². The topological polar surface area (TPSA) is 86.8 Å². The van der Waals surface area contributed by atoms with Crippen LogP contribution in [-0.4, -0.2) is 44.3 Å². The molecule has 0 aliphatic carbocycles. The first-order valence-electron chi connectivity index (χ1n) is 12.1. The number of rotatable bonds is 10. The number of nitrogens with zero attached hydrogens (tertiary/aromatic N) is 2. The van der Waals surface area contributed by atoms with E-state index in [4.69, 9.17) is 11.6 Å². The van der Waals surface area contributed by atoms with Gasteiger partial charge in [0, 0.05) is 22.6 Å². The molecule has 0 bridgehead atoms. The van der Waals surface area contributed by atoms with E-state index in [1.165, 1.54) is 23.1 Å². The van der Waals surface area contributed by atoms with Gasteiger partial charge >= 0.3 is 0 Å². The van der Waals surface area contributed by atoms with Crippen molar-refractivity contribution in [1.29, 1.82) is 0 Å². The molecule has 1 atom stereocenters. The lowest BCUT2D eigenvalue weighted by molar-refractivity contribution is -0.139. The van der Waals surface area contributed by atoms with Gasteiger partial charge in [0.05, 0.1) is 10.6 Å². The Kier molecular flexibility index (Phi) is 9.98. The Labute approximate surface area is 238 Å². The van der Waals surface area contributed by atoms with E-state index < -0.39 is 28.5 Å². The van der Waals surface area contributed by atoms with Gasteiger partial charge in [0.2, 0.25) is 11.8 Å². The fourth-order valence-electron chi connectivity index (χ4n) is 3.89. The highest BCUT2D eigenvalue weighted by atomic mass is 79.9. The fraction of sp³-hybridized carbons (Fsp3) is 0.286. The number of amides is 2. The van der Waals surface area contributed by atoms with E-state index in [-0.39, 0.29) is 17.3 Å². The van der Waals surface area contributed by atoms with Gasteiger partial charge in [-0.1, -0.05) is 63.4 Å². The first kappa shape index (κ1) is 29.7. The molecule has 3 rings (SSSR count). The summed E-state index contributed by atoms with van der Waals surface area (Å²) in [5.41, 5.74) is 2.63. The average molecular weight is 621 g/mol. The number of carbonyl (C=O) groups is 2. The third-order valence-corrected chi connectivity index (χ3v) is 8.65. The van der Waals surface area contributed by atoms with Gasteiger partial charge in [0.1, 0.15) is 12.6 Å². The first-order valence-corrected chi connectivity index (χ1v) is 14.7. The molecular weight excluding hydrogens is 590 g/mol. The van der Waals surface area contributed by atoms with Gasteiger partial charge in [-0.2, -0.15) is 0 Å². The highest BCUT2D eigenvalue weighted by Gasteiger charge is 2.33. The van der Waals surface area contributed by atoms with Crippen LogP contribution >= 0.6 is 27.5 Å². The van der Waals surface area contributed by atoms with Gasteiger partial charge in [-0.15, -0.1) is 0 Å². The standard InChI is InChI=1S/C28H31BrClN3O4S/c1-5-31-28(35)21(4)32(17-22-9-11-23(29)12-10-22)27(34)18-33(26-16-24(30)13-8-20(26)3)38(36,37)25-14-6-19(2)7-15-25/h6-16,21H,5,17-18H2,1-4H3,(H,31,35)/t21-/m1/s1. The van der Waals surface area contributed by atoms with Gasteiger partial charge < -0.3 is 10.2 Å². The molecule has 10 heteroatoms. The van der Waals surface area contributed by atoms with Gasteiger partial charge in [-0.25, -0.2) is 8.42 Å². The molecule has 2 amide bonds. The van der Waals surface area contributed by atoms with Crippen molar-refractivity contribution >= 4 is 55.1 Å². The van der Waals surface area contributed by atoms with Crippen molar-refractivity contribution in [3.63, 3.8) is 0 Å². The summed E-state index contributed by atoms with van der Waals surface area (Å²) in [5.74, 6) is -0.855. The molecule has 0 aromatic heterocycles. The van der Waals surface area contributed by atoms with Crippen LogP contribution in [0.2, 0.25) is 5.02 Å². The second kappa shape index (κ2) is 12.8. The zero-order chi connectivity index (χ0) is 28.0. The second-order valence-corrected chi connectivity index (χ2v) is 12.2. The summed E-state index contributed by atoms with van der Waals surface area (Å²) in [4.78, 5) is 28.1. The summed E-state index contributed by atoms with van der Waals surface area (Å²) in [6.07, 6.45) is 0. The summed E-state index contributed by atoms with van der Waals surface area (Å²) < 4.78 is 29.7. The van der Waals surface area contributed by atoms with E-state index in [2.05, 4.69) is 21.2 Å². The number of carbonyl (C=O) groups excluding carboxylic acids is 2. The van der Waals surface area contributed by atoms with Gasteiger partial charge in [0.25, 0.3) is 10.0 Å². The molecule has 202 valence electrons. The Balaban J connectivity index is 2.07. The van der Waals surface area contributed by atoms with Crippen LogP contribution in [0.15, 0.2) is 76.1 Å². The second-order valence-electron chi connectivity index (χ2n) is 8.97. The largest absolute Gasteiger partial charge is 0.355 e. The number of halogens is 2. The van der Waals surface area contributed by atoms with E-state index in [1.54, 1.807) is 45.0 Å². The minimum atomic E-state index is -4.15. The molecule has 0 saturated carbocycles. The van der Waals surface area contributed by atoms with Crippen molar-refractivity contribution in [3.8, 4) is 0 Å². The molecule has 3 aromatic rings. The number of likely N-dealkylation sites (N-methyl/N-ethyl adjacent to an activating group) is 1.